The summed E-state index contributed by atoms with van der Waals surface area (Å²) in [6.45, 7) is 1.19. The van der Waals surface area contributed by atoms with Crippen LogP contribution in [0, 0.1) is 11.2 Å². The molecule has 0 radical (unpaired) electrons. The zero-order valence-electron chi connectivity index (χ0n) is 9.35. The van der Waals surface area contributed by atoms with E-state index in [1.165, 1.54) is 24.9 Å². The Bertz CT molecular complexity index is 386. The second kappa shape index (κ2) is 4.46. The molecule has 0 spiro atoms. The largest absolute Gasteiger partial charge is 0.419 e. The fraction of sp³-hybridized carbons (Fsp3) is 0.455. The van der Waals surface area contributed by atoms with Crippen LogP contribution >= 0.6 is 0 Å². The molecule has 15 heavy (non-hydrogen) atoms. The predicted octanol–water partition coefficient (Wildman–Crippen LogP) is 0.154. The van der Waals surface area contributed by atoms with Gasteiger partial charge in [-0.15, -0.1) is 0 Å². The summed E-state index contributed by atoms with van der Waals surface area (Å²) < 4.78 is 2.07. The van der Waals surface area contributed by atoms with E-state index in [4.69, 9.17) is 5.26 Å². The first-order valence-electron chi connectivity index (χ1n) is 5.65. The lowest BCUT2D eigenvalue weighted by Gasteiger charge is -2.19. The molecule has 1 aliphatic rings. The van der Waals surface area contributed by atoms with Crippen LogP contribution in [-0.4, -0.2) is 25.9 Å². The molecule has 1 saturated heterocycles. The van der Waals surface area contributed by atoms with Crippen LogP contribution in [-0.2, 0) is 0 Å². The van der Waals surface area contributed by atoms with Crippen molar-refractivity contribution in [3.8, 4) is 5.97 Å². The van der Waals surface area contributed by atoms with Crippen molar-refractivity contribution in [1.82, 2.24) is 4.90 Å². The summed E-state index contributed by atoms with van der Waals surface area (Å²) in [5, 5.41) is 8.70. The summed E-state index contributed by atoms with van der Waals surface area (Å²) in [6, 6.07) is 4.79. The average Bonchev–Trinajstić information content (AvgIpc) is 2.65. The van der Waals surface area contributed by atoms with Crippen LogP contribution in [0.2, 0.25) is 0 Å². The molecule has 0 saturated carbocycles. The summed E-state index contributed by atoms with van der Waals surface area (Å²) in [4.78, 5) is 2.39. The van der Waals surface area contributed by atoms with Crippen molar-refractivity contribution in [2.24, 2.45) is 0 Å². The lowest BCUT2D eigenvalue weighted by Crippen LogP contribution is -2.39. The van der Waals surface area contributed by atoms with Gasteiger partial charge in [0.15, 0.2) is 0 Å². The molecule has 2 heterocycles. The molecular weight excluding hydrogens is 185 g/mol. The molecule has 1 aromatic heterocycles. The van der Waals surface area contributed by atoms with Gasteiger partial charge in [-0.3, -0.25) is 4.90 Å². The maximum absolute atomic E-state index is 8.70. The van der Waals surface area contributed by atoms with Gasteiger partial charge in [-0.2, -0.15) is 0 Å². The fourth-order valence-corrected chi connectivity index (χ4v) is 2.39. The van der Waals surface area contributed by atoms with Crippen LogP contribution in [0.4, 0.5) is 0 Å². The topological polar surface area (TPSA) is 30.9 Å². The molecule has 4 heteroatoms. The number of pyridine rings is 1. The summed E-state index contributed by atoms with van der Waals surface area (Å²) >= 11 is 0. The minimum atomic E-state index is -0.643. The van der Waals surface area contributed by atoms with E-state index < -0.39 is 7.41 Å². The number of nitriles is 1. The highest BCUT2D eigenvalue weighted by molar-refractivity contribution is 6.34. The normalized spacial score (nSPS) is 21.5. The van der Waals surface area contributed by atoms with Crippen molar-refractivity contribution in [3.63, 3.8) is 0 Å². The standard InChI is InChI=1S/C11H16BN3/c1-14-6-3-5-11(14)10-4-2-7-15(8-10)12-9-13/h2,4,7-8,11H,3,5-6,12H2,1H3/t11-/m0/s1. The Morgan fingerprint density at radius 3 is 3.20 bits per heavy atom. The molecule has 0 bridgehead atoms. The smallest absolute Gasteiger partial charge is 0.349 e. The van der Waals surface area contributed by atoms with Crippen LogP contribution in [0.3, 0.4) is 0 Å². The van der Waals surface area contributed by atoms with Gasteiger partial charge in [0.05, 0.1) is 0 Å². The molecule has 0 aliphatic carbocycles. The van der Waals surface area contributed by atoms with Crippen LogP contribution in [0.15, 0.2) is 24.5 Å². The third-order valence-electron chi connectivity index (χ3n) is 3.23. The highest BCUT2D eigenvalue weighted by Gasteiger charge is 2.23. The number of aromatic nitrogens is 1. The third kappa shape index (κ3) is 2.19. The van der Waals surface area contributed by atoms with E-state index in [0.29, 0.717) is 6.04 Å². The Labute approximate surface area is 91.2 Å². The molecule has 1 aromatic rings. The van der Waals surface area contributed by atoms with Gasteiger partial charge < -0.3 is 4.48 Å². The zero-order chi connectivity index (χ0) is 10.7. The minimum Gasteiger partial charge on any atom is -0.419 e. The van der Waals surface area contributed by atoms with E-state index in [1.54, 1.807) is 0 Å². The SMILES string of the molecule is CN1CCC[C@H]1c1ccc[n+]([BH2-]C#N)c1. The van der Waals surface area contributed by atoms with Crippen molar-refractivity contribution in [3.05, 3.63) is 30.1 Å². The number of nitrogens with zero attached hydrogens (tertiary/aromatic N) is 3. The van der Waals surface area contributed by atoms with Gasteiger partial charge in [0.2, 0.25) is 0 Å². The van der Waals surface area contributed by atoms with E-state index >= 15 is 0 Å². The maximum atomic E-state index is 8.70. The molecule has 0 amide bonds. The predicted molar refractivity (Wildman–Crippen MR) is 60.8 cm³/mol. The zero-order valence-corrected chi connectivity index (χ0v) is 9.35. The van der Waals surface area contributed by atoms with Crippen LogP contribution in [0.5, 0.6) is 0 Å². The van der Waals surface area contributed by atoms with Gasteiger partial charge in [0.25, 0.3) is 0 Å². The Morgan fingerprint density at radius 2 is 2.53 bits per heavy atom. The van der Waals surface area contributed by atoms with E-state index in [9.17, 15) is 0 Å². The second-order valence-corrected chi connectivity index (χ2v) is 4.39. The molecule has 0 unspecified atom stereocenters. The van der Waals surface area contributed by atoms with E-state index in [2.05, 4.69) is 40.7 Å². The van der Waals surface area contributed by atoms with Crippen molar-refractivity contribution in [2.45, 2.75) is 18.9 Å². The number of hydrogen-bond acceptors (Lipinski definition) is 2. The number of hydrogen-bond donors (Lipinski definition) is 0. The molecule has 1 atom stereocenters. The summed E-state index contributed by atoms with van der Waals surface area (Å²) in [7, 11) is 1.53. The summed E-state index contributed by atoms with van der Waals surface area (Å²) in [5.74, 6) is 2.29. The van der Waals surface area contributed by atoms with Crippen LogP contribution in [0.25, 0.3) is 0 Å². The van der Waals surface area contributed by atoms with Crippen LogP contribution in [0.1, 0.15) is 24.4 Å². The molecule has 3 nitrogen and oxygen atoms in total. The Balaban J connectivity index is 2.21. The van der Waals surface area contributed by atoms with E-state index in [-0.39, 0.29) is 0 Å². The Hall–Kier alpha value is -1.34. The minimum absolute atomic E-state index is 0.558. The Morgan fingerprint density at radius 1 is 1.67 bits per heavy atom. The van der Waals surface area contributed by atoms with E-state index in [1.807, 2.05) is 6.20 Å². The first kappa shape index (κ1) is 10.2. The third-order valence-corrected chi connectivity index (χ3v) is 3.23. The Kier molecular flexibility index (Phi) is 3.03. The molecule has 1 aliphatic heterocycles. The highest BCUT2D eigenvalue weighted by Crippen LogP contribution is 2.28. The van der Waals surface area contributed by atoms with Crippen molar-refractivity contribution < 1.29 is 4.48 Å². The molecule has 78 valence electrons. The fourth-order valence-electron chi connectivity index (χ4n) is 2.39. The first-order chi connectivity index (χ1) is 7.31. The lowest BCUT2D eigenvalue weighted by molar-refractivity contribution is -0.527. The summed E-state index contributed by atoms with van der Waals surface area (Å²) in [6.07, 6.45) is 6.68. The number of likely N-dealkylation sites (tertiary alicyclic amines) is 1. The maximum Gasteiger partial charge on any atom is 0.349 e. The van der Waals surface area contributed by atoms with E-state index in [0.717, 1.165) is 0 Å². The van der Waals surface area contributed by atoms with Gasteiger partial charge in [0, 0.05) is 11.6 Å². The van der Waals surface area contributed by atoms with Crippen LogP contribution < -0.4 is 4.48 Å². The lowest BCUT2D eigenvalue weighted by atomic mass is 9.96. The number of rotatable bonds is 2. The van der Waals surface area contributed by atoms with Gasteiger partial charge in [0.1, 0.15) is 12.4 Å². The molecule has 0 aromatic carbocycles. The van der Waals surface area contributed by atoms with Gasteiger partial charge in [-0.25, -0.2) is 5.26 Å². The molecule has 1 fully saturated rings. The van der Waals surface area contributed by atoms with Gasteiger partial charge in [-0.05, 0) is 38.6 Å². The first-order valence-corrected chi connectivity index (χ1v) is 5.65. The highest BCUT2D eigenvalue weighted by atomic mass is 15.1. The van der Waals surface area contributed by atoms with Gasteiger partial charge in [-0.1, -0.05) is 5.97 Å². The summed E-state index contributed by atoms with van der Waals surface area (Å²) in [5.41, 5.74) is 1.36. The quantitative estimate of drug-likeness (QED) is 0.638. The van der Waals surface area contributed by atoms with Crippen molar-refractivity contribution >= 4 is 7.41 Å². The average molecular weight is 201 g/mol. The van der Waals surface area contributed by atoms with Gasteiger partial charge >= 0.3 is 7.41 Å². The van der Waals surface area contributed by atoms with Crippen molar-refractivity contribution in [1.29, 1.82) is 5.26 Å². The molecule has 2 rings (SSSR count). The van der Waals surface area contributed by atoms with Crippen molar-refractivity contribution in [2.75, 3.05) is 13.6 Å². The second-order valence-electron chi connectivity index (χ2n) is 4.39. The molecular formula is C11H16BN3. The monoisotopic (exact) mass is 201 g/mol. The molecule has 0 N–H and O–H groups in total.